The number of phenolic OH excluding ortho intramolecular Hbond substituents is 1. The zero-order valence-electron chi connectivity index (χ0n) is 29.7. The lowest BCUT2D eigenvalue weighted by atomic mass is 9.49. The Balaban J connectivity index is 1.24. The van der Waals surface area contributed by atoms with Crippen LogP contribution in [0.15, 0.2) is 84.6 Å². The van der Waals surface area contributed by atoms with Crippen LogP contribution in [0.1, 0.15) is 67.6 Å². The van der Waals surface area contributed by atoms with E-state index < -0.39 is 63.6 Å². The number of hydrogen-bond acceptors (Lipinski definition) is 7. The second kappa shape index (κ2) is 13.3. The molecule has 288 valence electrons. The van der Waals surface area contributed by atoms with Crippen LogP contribution in [0, 0.1) is 23.7 Å². The van der Waals surface area contributed by atoms with E-state index in [4.69, 9.17) is 23.2 Å². The number of pyridine rings is 1. The van der Waals surface area contributed by atoms with Crippen LogP contribution < -0.4 is 5.43 Å². The maximum absolute atomic E-state index is 15.5. The molecule has 56 heavy (non-hydrogen) atoms. The molecule has 2 saturated carbocycles. The van der Waals surface area contributed by atoms with Crippen molar-refractivity contribution in [3.8, 4) is 5.75 Å². The molecule has 4 aromatic rings. The first-order chi connectivity index (χ1) is 26.8. The fraction of sp³-hybridized carbons (Fsp3) is 0.357. The quantitative estimate of drug-likeness (QED) is 0.153. The van der Waals surface area contributed by atoms with Gasteiger partial charge in [0.1, 0.15) is 5.75 Å². The van der Waals surface area contributed by atoms with Gasteiger partial charge in [-0.1, -0.05) is 103 Å². The molecule has 2 aliphatic heterocycles. The van der Waals surface area contributed by atoms with Gasteiger partial charge in [0, 0.05) is 34.1 Å². The average Bonchev–Trinajstić information content (AvgIpc) is 3.57. The summed E-state index contributed by atoms with van der Waals surface area (Å²) in [6.45, 7) is 0. The van der Waals surface area contributed by atoms with E-state index in [0.717, 1.165) is 42.5 Å². The van der Waals surface area contributed by atoms with Gasteiger partial charge in [0.05, 0.1) is 33.8 Å². The van der Waals surface area contributed by atoms with Crippen LogP contribution in [0.2, 0.25) is 10.0 Å². The Kier molecular flexibility index (Phi) is 8.73. The standard InChI is InChI=1S/C42H35Cl2F3N4O5/c43-24-13-11-22(12-14-24)41-31(38(54)51(40(41)56)49-36-32(44)18-23(20-48-36)42(45,46)47)19-30-27(34(41)29-15-10-21-6-4-5-9-26(21)35(29)52)16-17-28-33(30)39(55)50(37(28)53)25-7-2-1-3-8-25/h4-6,9-16,18,20,25,28,30-31,33-34,52H,1-3,7-8,17,19H2,(H,48,49). The smallest absolute Gasteiger partial charge is 0.417 e. The molecule has 9 nitrogen and oxygen atoms in total. The van der Waals surface area contributed by atoms with Crippen molar-refractivity contribution in [1.29, 1.82) is 0 Å². The van der Waals surface area contributed by atoms with Crippen molar-refractivity contribution in [3.63, 3.8) is 0 Å². The molecule has 2 N–H and O–H groups in total. The zero-order chi connectivity index (χ0) is 39.3. The summed E-state index contributed by atoms with van der Waals surface area (Å²) in [5.74, 6) is -6.78. The molecule has 14 heteroatoms. The van der Waals surface area contributed by atoms with Crippen LogP contribution in [-0.2, 0) is 30.8 Å². The number of hydrazine groups is 1. The SMILES string of the molecule is O=C1C2CC3C(=CCC4C(=O)N(C5CCCCC5)C(=O)C43)C(c3ccc4ccccc4c3O)C2(c2ccc(Cl)cc2)C(=O)N1Nc1ncc(C(F)(F)F)cc1Cl. The molecule has 1 aromatic heterocycles. The number of likely N-dealkylation sites (tertiary alicyclic amines) is 1. The summed E-state index contributed by atoms with van der Waals surface area (Å²) in [7, 11) is 0. The third-order valence-corrected chi connectivity index (χ3v) is 13.3. The minimum absolute atomic E-state index is 0.00504. The number of aromatic hydroxyl groups is 1. The van der Waals surface area contributed by atoms with Crippen LogP contribution in [0.5, 0.6) is 5.75 Å². The number of phenols is 1. The van der Waals surface area contributed by atoms with Gasteiger partial charge in [0.25, 0.3) is 11.8 Å². The number of rotatable bonds is 5. The number of carbonyl (C=O) groups is 4. The Morgan fingerprint density at radius 1 is 0.875 bits per heavy atom. The van der Waals surface area contributed by atoms with E-state index in [1.165, 1.54) is 4.90 Å². The number of carbonyl (C=O) groups excluding carboxylic acids is 4. The molecule has 6 atom stereocenters. The van der Waals surface area contributed by atoms with E-state index in [1.54, 1.807) is 42.5 Å². The lowest BCUT2D eigenvalue weighted by Crippen LogP contribution is -2.53. The summed E-state index contributed by atoms with van der Waals surface area (Å²) >= 11 is 12.7. The molecule has 4 fully saturated rings. The number of fused-ring (bicyclic) bond motifs is 5. The van der Waals surface area contributed by atoms with Crippen molar-refractivity contribution in [2.24, 2.45) is 23.7 Å². The number of nitrogens with one attached hydrogen (secondary N) is 1. The normalized spacial score (nSPS) is 28.0. The number of imide groups is 2. The topological polar surface area (TPSA) is 120 Å². The van der Waals surface area contributed by atoms with Crippen molar-refractivity contribution in [3.05, 3.63) is 111 Å². The molecule has 3 aliphatic carbocycles. The van der Waals surface area contributed by atoms with E-state index in [0.29, 0.717) is 39.4 Å². The summed E-state index contributed by atoms with van der Waals surface area (Å²) in [5.41, 5.74) is 1.16. The minimum atomic E-state index is -4.75. The number of aromatic nitrogens is 1. The summed E-state index contributed by atoms with van der Waals surface area (Å²) in [5, 5.41) is 14.0. The molecular formula is C42H35Cl2F3N4O5. The Bertz CT molecular complexity index is 2360. The minimum Gasteiger partial charge on any atom is -0.507 e. The van der Waals surface area contributed by atoms with Crippen LogP contribution in [-0.4, -0.2) is 49.7 Å². The number of alkyl halides is 3. The Labute approximate surface area is 329 Å². The van der Waals surface area contributed by atoms with E-state index >= 15 is 4.79 Å². The summed E-state index contributed by atoms with van der Waals surface area (Å²) < 4.78 is 40.6. The van der Waals surface area contributed by atoms with Gasteiger partial charge in [0.2, 0.25) is 11.8 Å². The summed E-state index contributed by atoms with van der Waals surface area (Å²) in [6.07, 6.45) is 2.26. The van der Waals surface area contributed by atoms with Crippen molar-refractivity contribution in [2.45, 2.75) is 68.5 Å². The first kappa shape index (κ1) is 36.7. The van der Waals surface area contributed by atoms with E-state index in [1.807, 2.05) is 24.3 Å². The van der Waals surface area contributed by atoms with Crippen LogP contribution in [0.4, 0.5) is 19.0 Å². The maximum Gasteiger partial charge on any atom is 0.417 e. The molecule has 3 aromatic carbocycles. The zero-order valence-corrected chi connectivity index (χ0v) is 31.2. The average molecular weight is 804 g/mol. The number of anilines is 1. The van der Waals surface area contributed by atoms with E-state index in [2.05, 4.69) is 10.4 Å². The van der Waals surface area contributed by atoms with Crippen LogP contribution >= 0.6 is 23.2 Å². The Morgan fingerprint density at radius 2 is 1.61 bits per heavy atom. The Morgan fingerprint density at radius 3 is 2.32 bits per heavy atom. The fourth-order valence-electron chi connectivity index (χ4n) is 10.4. The van der Waals surface area contributed by atoms with Gasteiger partial charge in [-0.25, -0.2) is 4.98 Å². The van der Waals surface area contributed by atoms with Gasteiger partial charge in [-0.05, 0) is 60.7 Å². The number of allylic oxidation sites excluding steroid dienone is 2. The van der Waals surface area contributed by atoms with Crippen molar-refractivity contribution >= 4 is 63.4 Å². The molecular weight excluding hydrogens is 768 g/mol. The number of amides is 4. The molecule has 4 amide bonds. The van der Waals surface area contributed by atoms with Gasteiger partial charge in [-0.3, -0.25) is 29.5 Å². The third-order valence-electron chi connectivity index (χ3n) is 12.8. The molecule has 0 radical (unpaired) electrons. The van der Waals surface area contributed by atoms with E-state index in [-0.39, 0.29) is 42.3 Å². The number of hydrogen-bond donors (Lipinski definition) is 2. The first-order valence-electron chi connectivity index (χ1n) is 18.7. The molecule has 3 heterocycles. The van der Waals surface area contributed by atoms with Crippen molar-refractivity contribution < 1.29 is 37.5 Å². The van der Waals surface area contributed by atoms with Crippen LogP contribution in [0.3, 0.4) is 0 Å². The highest BCUT2D eigenvalue weighted by Gasteiger charge is 2.71. The predicted octanol–water partition coefficient (Wildman–Crippen LogP) is 8.58. The predicted molar refractivity (Wildman–Crippen MR) is 201 cm³/mol. The fourth-order valence-corrected chi connectivity index (χ4v) is 10.7. The highest BCUT2D eigenvalue weighted by Crippen LogP contribution is 2.65. The van der Waals surface area contributed by atoms with E-state index in [9.17, 15) is 32.7 Å². The monoisotopic (exact) mass is 802 g/mol. The molecule has 0 spiro atoms. The van der Waals surface area contributed by atoms with Gasteiger partial charge in [0.15, 0.2) is 5.82 Å². The van der Waals surface area contributed by atoms with Gasteiger partial charge in [-0.15, -0.1) is 0 Å². The van der Waals surface area contributed by atoms with Gasteiger partial charge >= 0.3 is 6.18 Å². The molecule has 5 aliphatic rings. The summed E-state index contributed by atoms with van der Waals surface area (Å²) in [6, 6.07) is 17.7. The lowest BCUT2D eigenvalue weighted by Gasteiger charge is -2.50. The molecule has 6 unspecified atom stereocenters. The largest absolute Gasteiger partial charge is 0.507 e. The number of nitrogens with zero attached hydrogens (tertiary/aromatic N) is 3. The molecule has 2 saturated heterocycles. The highest BCUT2D eigenvalue weighted by molar-refractivity contribution is 6.33. The number of halogens is 5. The van der Waals surface area contributed by atoms with Crippen LogP contribution in [0.25, 0.3) is 10.8 Å². The second-order valence-electron chi connectivity index (χ2n) is 15.5. The van der Waals surface area contributed by atoms with Crippen molar-refractivity contribution in [2.75, 3.05) is 5.43 Å². The Hall–Kier alpha value is -4.94. The maximum atomic E-state index is 15.5. The highest BCUT2D eigenvalue weighted by atomic mass is 35.5. The third kappa shape index (κ3) is 5.39. The second-order valence-corrected chi connectivity index (χ2v) is 16.3. The molecule has 9 rings (SSSR count). The van der Waals surface area contributed by atoms with Gasteiger partial charge in [-0.2, -0.15) is 18.2 Å². The van der Waals surface area contributed by atoms with Gasteiger partial charge < -0.3 is 5.11 Å². The lowest BCUT2D eigenvalue weighted by molar-refractivity contribution is -0.144. The van der Waals surface area contributed by atoms with Crippen molar-refractivity contribution in [1.82, 2.24) is 14.9 Å². The first-order valence-corrected chi connectivity index (χ1v) is 19.5. The molecule has 0 bridgehead atoms. The number of benzene rings is 3. The summed E-state index contributed by atoms with van der Waals surface area (Å²) in [4.78, 5) is 64.4.